The molecule has 0 unspecified atom stereocenters. The first-order chi connectivity index (χ1) is 14.8. The smallest absolute Gasteiger partial charge is 0.300 e. The van der Waals surface area contributed by atoms with Crippen molar-refractivity contribution < 1.29 is 26.0 Å². The highest BCUT2D eigenvalue weighted by Crippen LogP contribution is 2.33. The summed E-state index contributed by atoms with van der Waals surface area (Å²) in [5.74, 6) is -0.775. The van der Waals surface area contributed by atoms with Gasteiger partial charge in [-0.2, -0.15) is 13.2 Å². The summed E-state index contributed by atoms with van der Waals surface area (Å²) >= 11 is 6.91. The van der Waals surface area contributed by atoms with Crippen molar-refractivity contribution in [1.82, 2.24) is 0 Å². The maximum Gasteiger partial charge on any atom is 0.429 e. The summed E-state index contributed by atoms with van der Waals surface area (Å²) in [6.07, 6.45) is -4.67. The highest BCUT2D eigenvalue weighted by atomic mass is 35.5. The predicted molar refractivity (Wildman–Crippen MR) is 119 cm³/mol. The molecule has 0 saturated carbocycles. The van der Waals surface area contributed by atoms with Crippen LogP contribution in [0, 0.1) is 11.2 Å². The fourth-order valence-corrected chi connectivity index (χ4v) is 4.52. The maximum atomic E-state index is 14.1. The van der Waals surface area contributed by atoms with E-state index in [2.05, 4.69) is 4.99 Å². The van der Waals surface area contributed by atoms with Crippen LogP contribution in [0.4, 0.5) is 23.2 Å². The third kappa shape index (κ3) is 5.81. The highest BCUT2D eigenvalue weighted by molar-refractivity contribution is 7.90. The van der Waals surface area contributed by atoms with Gasteiger partial charge in [0.05, 0.1) is 10.6 Å². The molecule has 0 aliphatic carbocycles. The average molecular weight is 503 g/mol. The monoisotopic (exact) mass is 502 g/mol. The Labute approximate surface area is 190 Å². The summed E-state index contributed by atoms with van der Waals surface area (Å²) in [6, 6.07) is 12.7. The van der Waals surface area contributed by atoms with Gasteiger partial charge in [-0.15, -0.1) is 11.3 Å². The fourth-order valence-electron chi connectivity index (χ4n) is 2.69. The lowest BCUT2D eigenvalue weighted by molar-refractivity contribution is -0.0605. The van der Waals surface area contributed by atoms with E-state index < -0.39 is 34.0 Å². The maximum absolute atomic E-state index is 14.1. The number of benzene rings is 2. The van der Waals surface area contributed by atoms with Crippen molar-refractivity contribution in [2.75, 3.05) is 6.26 Å². The summed E-state index contributed by atoms with van der Waals surface area (Å²) in [7, 11) is -3.45. The van der Waals surface area contributed by atoms with Crippen molar-refractivity contribution in [3.05, 3.63) is 70.3 Å². The van der Waals surface area contributed by atoms with Crippen LogP contribution in [0.2, 0.25) is 5.02 Å². The standard InChI is InChI=1S/C21H15ClF4N2O2S2/c1-32(29,30)14-4-2-3-12(9-14)18-7-8-19(31-18)17(11-20(27)21(24,25)26)28-16-10-13(22)5-6-15(16)23/h2-10,27H,11H2,1H3. The summed E-state index contributed by atoms with van der Waals surface area (Å²) in [5.41, 5.74) is -1.41. The number of thiophene rings is 1. The quantitative estimate of drug-likeness (QED) is 0.301. The van der Waals surface area contributed by atoms with E-state index in [1.807, 2.05) is 0 Å². The van der Waals surface area contributed by atoms with Crippen LogP contribution >= 0.6 is 22.9 Å². The first-order valence-corrected chi connectivity index (χ1v) is 12.0. The Hall–Kier alpha value is -2.56. The molecule has 0 radical (unpaired) electrons. The lowest BCUT2D eigenvalue weighted by Crippen LogP contribution is -2.24. The zero-order valence-corrected chi connectivity index (χ0v) is 18.8. The lowest BCUT2D eigenvalue weighted by atomic mass is 10.1. The van der Waals surface area contributed by atoms with Crippen molar-refractivity contribution in [2.24, 2.45) is 4.99 Å². The summed E-state index contributed by atoms with van der Waals surface area (Å²) in [5, 5.41) is 7.51. The van der Waals surface area contributed by atoms with E-state index in [4.69, 9.17) is 17.0 Å². The number of hydrogen-bond donors (Lipinski definition) is 1. The first kappa shape index (κ1) is 24.1. The molecule has 4 nitrogen and oxygen atoms in total. The van der Waals surface area contributed by atoms with E-state index in [-0.39, 0.29) is 26.2 Å². The second-order valence-electron chi connectivity index (χ2n) is 6.77. The molecule has 2 aromatic carbocycles. The Morgan fingerprint density at radius 1 is 1.12 bits per heavy atom. The van der Waals surface area contributed by atoms with Crippen LogP contribution in [0.5, 0.6) is 0 Å². The number of aliphatic imine (C=N–C) groups is 1. The van der Waals surface area contributed by atoms with E-state index in [1.54, 1.807) is 18.2 Å². The molecule has 0 amide bonds. The van der Waals surface area contributed by atoms with Crippen molar-refractivity contribution in [1.29, 1.82) is 5.41 Å². The van der Waals surface area contributed by atoms with E-state index in [1.165, 1.54) is 30.3 Å². The SMILES string of the molecule is CS(=O)(=O)c1cccc(-c2ccc(C(CC(=N)C(F)(F)F)=Nc3cc(Cl)ccc3F)s2)c1. The van der Waals surface area contributed by atoms with Gasteiger partial charge in [0.25, 0.3) is 0 Å². The molecule has 3 rings (SSSR count). The Bertz CT molecular complexity index is 1320. The molecule has 3 aromatic rings. The molecule has 0 saturated heterocycles. The molecule has 168 valence electrons. The molecule has 1 aromatic heterocycles. The van der Waals surface area contributed by atoms with Crippen molar-refractivity contribution in [2.45, 2.75) is 17.5 Å². The molecule has 32 heavy (non-hydrogen) atoms. The van der Waals surface area contributed by atoms with Gasteiger partial charge in [0, 0.05) is 27.5 Å². The molecule has 0 fully saturated rings. The minimum atomic E-state index is -4.86. The largest absolute Gasteiger partial charge is 0.429 e. The van der Waals surface area contributed by atoms with Gasteiger partial charge in [-0.1, -0.05) is 23.7 Å². The van der Waals surface area contributed by atoms with Crippen LogP contribution in [-0.2, 0) is 9.84 Å². The van der Waals surface area contributed by atoms with Gasteiger partial charge in [-0.25, -0.2) is 17.8 Å². The minimum Gasteiger partial charge on any atom is -0.300 e. The van der Waals surface area contributed by atoms with Gasteiger partial charge in [0.2, 0.25) is 0 Å². The topological polar surface area (TPSA) is 70.3 Å². The van der Waals surface area contributed by atoms with E-state index in [0.717, 1.165) is 23.7 Å². The molecule has 1 N–H and O–H groups in total. The van der Waals surface area contributed by atoms with E-state index in [9.17, 15) is 26.0 Å². The molecule has 0 aliphatic heterocycles. The zero-order valence-electron chi connectivity index (χ0n) is 16.4. The molecule has 0 aliphatic rings. The Morgan fingerprint density at radius 2 is 1.84 bits per heavy atom. The molecule has 0 atom stereocenters. The van der Waals surface area contributed by atoms with Crippen LogP contribution < -0.4 is 0 Å². The van der Waals surface area contributed by atoms with Gasteiger partial charge in [0.15, 0.2) is 9.84 Å². The van der Waals surface area contributed by atoms with Crippen LogP contribution in [-0.4, -0.2) is 32.3 Å². The van der Waals surface area contributed by atoms with Crippen LogP contribution in [0.15, 0.2) is 64.5 Å². The molecule has 0 bridgehead atoms. The highest BCUT2D eigenvalue weighted by Gasteiger charge is 2.35. The Kier molecular flexibility index (Phi) is 6.87. The molecule has 0 spiro atoms. The summed E-state index contributed by atoms with van der Waals surface area (Å²) in [4.78, 5) is 4.98. The van der Waals surface area contributed by atoms with E-state index in [0.29, 0.717) is 10.4 Å². The number of nitrogens with zero attached hydrogens (tertiary/aromatic N) is 1. The number of alkyl halides is 3. The fraction of sp³-hybridized carbons (Fsp3) is 0.143. The number of rotatable bonds is 6. The van der Waals surface area contributed by atoms with Gasteiger partial charge < -0.3 is 5.41 Å². The average Bonchev–Trinajstić information content (AvgIpc) is 3.19. The normalized spacial score (nSPS) is 12.8. The first-order valence-electron chi connectivity index (χ1n) is 8.92. The van der Waals surface area contributed by atoms with Crippen molar-refractivity contribution >= 4 is 49.9 Å². The number of sulfone groups is 1. The summed E-state index contributed by atoms with van der Waals surface area (Å²) < 4.78 is 76.8. The Balaban J connectivity index is 2.07. The van der Waals surface area contributed by atoms with Gasteiger partial charge >= 0.3 is 6.18 Å². The van der Waals surface area contributed by atoms with Crippen LogP contribution in [0.25, 0.3) is 10.4 Å². The second kappa shape index (κ2) is 9.13. The van der Waals surface area contributed by atoms with Gasteiger partial charge in [-0.3, -0.25) is 0 Å². The van der Waals surface area contributed by atoms with Gasteiger partial charge in [0.1, 0.15) is 17.2 Å². The number of hydrogen-bond acceptors (Lipinski definition) is 5. The summed E-state index contributed by atoms with van der Waals surface area (Å²) in [6.45, 7) is 0. The predicted octanol–water partition coefficient (Wildman–Crippen LogP) is 6.70. The molecule has 1 heterocycles. The van der Waals surface area contributed by atoms with Crippen molar-refractivity contribution in [3.8, 4) is 10.4 Å². The molecule has 11 heteroatoms. The number of halogens is 5. The lowest BCUT2D eigenvalue weighted by Gasteiger charge is -2.10. The second-order valence-corrected chi connectivity index (χ2v) is 10.3. The zero-order chi connectivity index (χ0) is 23.7. The molecular weight excluding hydrogens is 488 g/mol. The number of nitrogens with one attached hydrogen (secondary N) is 1. The van der Waals surface area contributed by atoms with Crippen molar-refractivity contribution in [3.63, 3.8) is 0 Å². The Morgan fingerprint density at radius 3 is 2.50 bits per heavy atom. The minimum absolute atomic E-state index is 0.0960. The third-order valence-corrected chi connectivity index (χ3v) is 6.82. The van der Waals surface area contributed by atoms with Gasteiger partial charge in [-0.05, 0) is 48.0 Å². The van der Waals surface area contributed by atoms with Crippen LogP contribution in [0.3, 0.4) is 0 Å². The van der Waals surface area contributed by atoms with Crippen LogP contribution in [0.1, 0.15) is 11.3 Å². The van der Waals surface area contributed by atoms with E-state index >= 15 is 0 Å². The third-order valence-electron chi connectivity index (χ3n) is 4.29. The molecular formula is C21H15ClF4N2O2S2.